The number of nitrogens with one attached hydrogen (secondary N) is 2. The van der Waals surface area contributed by atoms with E-state index in [4.69, 9.17) is 0 Å². The van der Waals surface area contributed by atoms with Crippen LogP contribution in [0, 0.1) is 6.92 Å². The van der Waals surface area contributed by atoms with E-state index in [2.05, 4.69) is 19.9 Å². The first-order valence-corrected chi connectivity index (χ1v) is 6.16. The summed E-state index contributed by atoms with van der Waals surface area (Å²) in [7, 11) is -3.79. The van der Waals surface area contributed by atoms with E-state index in [1.165, 1.54) is 24.5 Å². The van der Waals surface area contributed by atoms with Crippen molar-refractivity contribution in [3.05, 3.63) is 30.2 Å². The molecule has 0 fully saturated rings. The van der Waals surface area contributed by atoms with Gasteiger partial charge in [-0.2, -0.15) is 5.10 Å². The molecule has 0 amide bonds. The van der Waals surface area contributed by atoms with Gasteiger partial charge in [-0.3, -0.25) is 9.82 Å². The predicted octanol–water partition coefficient (Wildman–Crippen LogP) is 0.620. The van der Waals surface area contributed by atoms with Gasteiger partial charge in [-0.25, -0.2) is 13.4 Å². The molecule has 0 bridgehead atoms. The standard InChI is InChI=1S/C9H10N4O3S/c1-6-8(5-11-12-6)17(15,16)13-9-7(14)3-2-4-10-9/h2-5,14H,1H3,(H,10,13)(H,11,12). The molecule has 0 aromatic carbocycles. The molecule has 2 aromatic rings. The molecule has 0 aliphatic carbocycles. The van der Waals surface area contributed by atoms with Crippen LogP contribution in [0.25, 0.3) is 0 Å². The lowest BCUT2D eigenvalue weighted by Gasteiger charge is -2.07. The quantitative estimate of drug-likeness (QED) is 0.744. The average molecular weight is 254 g/mol. The summed E-state index contributed by atoms with van der Waals surface area (Å²) in [6.07, 6.45) is 2.57. The van der Waals surface area contributed by atoms with Crippen molar-refractivity contribution in [2.75, 3.05) is 4.72 Å². The van der Waals surface area contributed by atoms with Crippen LogP contribution in [-0.4, -0.2) is 28.7 Å². The molecule has 7 nitrogen and oxygen atoms in total. The van der Waals surface area contributed by atoms with Crippen LogP contribution in [0.3, 0.4) is 0 Å². The van der Waals surface area contributed by atoms with Gasteiger partial charge >= 0.3 is 0 Å². The Bertz CT molecular complexity index is 635. The number of rotatable bonds is 3. The maximum atomic E-state index is 11.9. The maximum absolute atomic E-state index is 11.9. The van der Waals surface area contributed by atoms with E-state index in [1.54, 1.807) is 6.92 Å². The molecule has 0 radical (unpaired) electrons. The van der Waals surface area contributed by atoms with Crippen molar-refractivity contribution in [1.29, 1.82) is 0 Å². The number of H-pyrrole nitrogens is 1. The minimum Gasteiger partial charge on any atom is -0.504 e. The fraction of sp³-hybridized carbons (Fsp3) is 0.111. The van der Waals surface area contributed by atoms with E-state index in [-0.39, 0.29) is 16.5 Å². The molecule has 2 aromatic heterocycles. The largest absolute Gasteiger partial charge is 0.504 e. The highest BCUT2D eigenvalue weighted by atomic mass is 32.2. The number of aromatic hydroxyl groups is 1. The number of aromatic nitrogens is 3. The van der Waals surface area contributed by atoms with Crippen molar-refractivity contribution in [2.45, 2.75) is 11.8 Å². The number of nitrogens with zero attached hydrogens (tertiary/aromatic N) is 2. The van der Waals surface area contributed by atoms with E-state index >= 15 is 0 Å². The fourth-order valence-electron chi connectivity index (χ4n) is 1.27. The van der Waals surface area contributed by atoms with Crippen molar-refractivity contribution in [3.63, 3.8) is 0 Å². The zero-order chi connectivity index (χ0) is 12.5. The monoisotopic (exact) mass is 254 g/mol. The second kappa shape index (κ2) is 4.06. The summed E-state index contributed by atoms with van der Waals surface area (Å²) in [5.74, 6) is -0.356. The number of pyridine rings is 1. The Hall–Kier alpha value is -2.09. The third-order valence-electron chi connectivity index (χ3n) is 2.09. The Labute approximate surface area is 97.6 Å². The van der Waals surface area contributed by atoms with E-state index in [0.29, 0.717) is 5.69 Å². The molecular weight excluding hydrogens is 244 g/mol. The number of hydrogen-bond donors (Lipinski definition) is 3. The highest BCUT2D eigenvalue weighted by molar-refractivity contribution is 7.92. The Morgan fingerprint density at radius 2 is 2.24 bits per heavy atom. The Kier molecular flexibility index (Phi) is 2.72. The highest BCUT2D eigenvalue weighted by Gasteiger charge is 2.20. The molecule has 0 saturated heterocycles. The van der Waals surface area contributed by atoms with Crippen LogP contribution in [-0.2, 0) is 10.0 Å². The van der Waals surface area contributed by atoms with Crippen LogP contribution in [0.1, 0.15) is 5.69 Å². The maximum Gasteiger partial charge on any atom is 0.266 e. The highest BCUT2D eigenvalue weighted by Crippen LogP contribution is 2.22. The Morgan fingerprint density at radius 3 is 2.82 bits per heavy atom. The number of sulfonamides is 1. The minimum absolute atomic E-state index is 0.0163. The van der Waals surface area contributed by atoms with Gasteiger partial charge in [-0.15, -0.1) is 0 Å². The van der Waals surface area contributed by atoms with Crippen LogP contribution in [0.4, 0.5) is 5.82 Å². The molecule has 2 rings (SSSR count). The van der Waals surface area contributed by atoms with Crippen molar-refractivity contribution >= 4 is 15.8 Å². The van der Waals surface area contributed by atoms with Crippen LogP contribution in [0.5, 0.6) is 5.75 Å². The smallest absolute Gasteiger partial charge is 0.266 e. The van der Waals surface area contributed by atoms with Crippen molar-refractivity contribution in [1.82, 2.24) is 15.2 Å². The van der Waals surface area contributed by atoms with Gasteiger partial charge in [0.1, 0.15) is 4.90 Å². The summed E-state index contributed by atoms with van der Waals surface area (Å²) < 4.78 is 26.0. The van der Waals surface area contributed by atoms with E-state index in [9.17, 15) is 13.5 Å². The molecule has 17 heavy (non-hydrogen) atoms. The first-order chi connectivity index (χ1) is 8.00. The van der Waals surface area contributed by atoms with Gasteiger partial charge in [0, 0.05) is 6.20 Å². The first kappa shape index (κ1) is 11.4. The molecule has 0 atom stereocenters. The number of anilines is 1. The van der Waals surface area contributed by atoms with Gasteiger partial charge in [0.05, 0.1) is 11.9 Å². The molecule has 0 unspecified atom stereocenters. The lowest BCUT2D eigenvalue weighted by Crippen LogP contribution is -2.14. The summed E-state index contributed by atoms with van der Waals surface area (Å²) in [6.45, 7) is 1.58. The Morgan fingerprint density at radius 1 is 1.47 bits per heavy atom. The van der Waals surface area contributed by atoms with Crippen molar-refractivity contribution < 1.29 is 13.5 Å². The summed E-state index contributed by atoms with van der Waals surface area (Å²) >= 11 is 0. The van der Waals surface area contributed by atoms with Crippen LogP contribution < -0.4 is 4.72 Å². The molecule has 2 heterocycles. The van der Waals surface area contributed by atoms with E-state index < -0.39 is 10.0 Å². The topological polar surface area (TPSA) is 108 Å². The molecule has 8 heteroatoms. The van der Waals surface area contributed by atoms with Gasteiger partial charge in [0.15, 0.2) is 11.6 Å². The molecule has 0 aliphatic rings. The number of aromatic amines is 1. The fourth-order valence-corrected chi connectivity index (χ4v) is 2.43. The van der Waals surface area contributed by atoms with E-state index in [0.717, 1.165) is 0 Å². The summed E-state index contributed by atoms with van der Waals surface area (Å²) in [6, 6.07) is 2.84. The molecular formula is C9H10N4O3S. The second-order valence-electron chi connectivity index (χ2n) is 3.34. The first-order valence-electron chi connectivity index (χ1n) is 4.67. The lowest BCUT2D eigenvalue weighted by atomic mass is 10.4. The van der Waals surface area contributed by atoms with Crippen molar-refractivity contribution in [3.8, 4) is 5.75 Å². The lowest BCUT2D eigenvalue weighted by molar-refractivity contribution is 0.475. The zero-order valence-electron chi connectivity index (χ0n) is 8.88. The summed E-state index contributed by atoms with van der Waals surface area (Å²) in [5, 5.41) is 15.6. The minimum atomic E-state index is -3.79. The van der Waals surface area contributed by atoms with Crippen molar-refractivity contribution in [2.24, 2.45) is 0 Å². The van der Waals surface area contributed by atoms with Crippen LogP contribution in [0.15, 0.2) is 29.4 Å². The van der Waals surface area contributed by atoms with Crippen LogP contribution in [0.2, 0.25) is 0 Å². The van der Waals surface area contributed by atoms with Gasteiger partial charge in [0.25, 0.3) is 10.0 Å². The normalized spacial score (nSPS) is 11.4. The molecule has 90 valence electrons. The number of aryl methyl sites for hydroxylation is 1. The SMILES string of the molecule is Cc1[nH]ncc1S(=O)(=O)Nc1ncccc1O. The van der Waals surface area contributed by atoms with Gasteiger partial charge in [-0.1, -0.05) is 0 Å². The summed E-state index contributed by atoms with van der Waals surface area (Å²) in [4.78, 5) is 3.75. The van der Waals surface area contributed by atoms with Gasteiger partial charge < -0.3 is 5.11 Å². The molecule has 0 aliphatic heterocycles. The second-order valence-corrected chi connectivity index (χ2v) is 4.99. The molecule has 0 saturated carbocycles. The van der Waals surface area contributed by atoms with Gasteiger partial charge in [-0.05, 0) is 19.1 Å². The van der Waals surface area contributed by atoms with E-state index in [1.807, 2.05) is 0 Å². The summed E-state index contributed by atoms with van der Waals surface area (Å²) in [5.41, 5.74) is 0.410. The third kappa shape index (κ3) is 2.21. The average Bonchev–Trinajstić information content (AvgIpc) is 2.68. The predicted molar refractivity (Wildman–Crippen MR) is 60.0 cm³/mol. The Balaban J connectivity index is 2.37. The zero-order valence-corrected chi connectivity index (χ0v) is 9.69. The third-order valence-corrected chi connectivity index (χ3v) is 3.54. The number of hydrogen-bond acceptors (Lipinski definition) is 5. The molecule has 0 spiro atoms. The van der Waals surface area contributed by atoms with Crippen LogP contribution >= 0.6 is 0 Å². The van der Waals surface area contributed by atoms with Gasteiger partial charge in [0.2, 0.25) is 0 Å². The molecule has 3 N–H and O–H groups in total.